The van der Waals surface area contributed by atoms with E-state index in [4.69, 9.17) is 5.73 Å². The molecule has 0 radical (unpaired) electrons. The van der Waals surface area contributed by atoms with E-state index >= 15 is 0 Å². The number of piperidine rings is 1. The number of nitrogens with two attached hydrogens (primary N) is 1. The van der Waals surface area contributed by atoms with E-state index in [-0.39, 0.29) is 17.9 Å². The second-order valence-corrected chi connectivity index (χ2v) is 6.25. The molecule has 96 valence electrons. The van der Waals surface area contributed by atoms with E-state index in [9.17, 15) is 9.90 Å². The zero-order valence-electron chi connectivity index (χ0n) is 10.4. The second kappa shape index (κ2) is 3.69. The molecule has 3 fully saturated rings. The predicted octanol–water partition coefficient (Wildman–Crippen LogP) is 0.486. The first-order valence-corrected chi connectivity index (χ1v) is 6.78. The molecule has 1 saturated heterocycles. The lowest BCUT2D eigenvalue weighted by atomic mass is 9.64. The van der Waals surface area contributed by atoms with Crippen molar-refractivity contribution in [3.63, 3.8) is 0 Å². The number of likely N-dealkylation sites (tertiary alicyclic amines) is 1. The molecular formula is C13H22N2O2. The monoisotopic (exact) mass is 238 g/mol. The quantitative estimate of drug-likeness (QED) is 0.752. The van der Waals surface area contributed by atoms with Gasteiger partial charge in [0.2, 0.25) is 5.91 Å². The van der Waals surface area contributed by atoms with Gasteiger partial charge in [-0.1, -0.05) is 6.42 Å². The van der Waals surface area contributed by atoms with Gasteiger partial charge in [-0.25, -0.2) is 0 Å². The zero-order chi connectivity index (χ0) is 12.2. The van der Waals surface area contributed by atoms with Crippen LogP contribution in [0.5, 0.6) is 0 Å². The van der Waals surface area contributed by atoms with Crippen molar-refractivity contribution >= 4 is 5.91 Å². The molecule has 1 heterocycles. The number of hydrogen-bond donors (Lipinski definition) is 2. The summed E-state index contributed by atoms with van der Waals surface area (Å²) in [6.45, 7) is 2.17. The molecule has 0 bridgehead atoms. The lowest BCUT2D eigenvalue weighted by Gasteiger charge is -2.45. The Morgan fingerprint density at radius 2 is 2.24 bits per heavy atom. The Balaban J connectivity index is 1.73. The van der Waals surface area contributed by atoms with Gasteiger partial charge in [-0.2, -0.15) is 0 Å². The maximum Gasteiger partial charge on any atom is 0.240 e. The predicted molar refractivity (Wildman–Crippen MR) is 64.2 cm³/mol. The van der Waals surface area contributed by atoms with Gasteiger partial charge in [0.15, 0.2) is 0 Å². The average molecular weight is 238 g/mol. The number of carbonyl (C=O) groups is 1. The Labute approximate surface area is 102 Å². The largest absolute Gasteiger partial charge is 0.396 e. The number of aliphatic hydroxyl groups excluding tert-OH is 1. The Hall–Kier alpha value is -0.610. The Bertz CT molecular complexity index is 333. The number of aliphatic hydroxyl groups is 1. The lowest BCUT2D eigenvalue weighted by molar-refractivity contribution is -0.141. The van der Waals surface area contributed by atoms with Crippen LogP contribution >= 0.6 is 0 Å². The smallest absolute Gasteiger partial charge is 0.240 e. The molecule has 2 saturated carbocycles. The third kappa shape index (κ3) is 1.54. The first-order chi connectivity index (χ1) is 8.09. The Morgan fingerprint density at radius 3 is 2.65 bits per heavy atom. The minimum absolute atomic E-state index is 0.0518. The molecule has 4 heteroatoms. The molecule has 0 aromatic heterocycles. The molecule has 4 nitrogen and oxygen atoms in total. The maximum atomic E-state index is 12.5. The van der Waals surface area contributed by atoms with Gasteiger partial charge in [-0.3, -0.25) is 4.79 Å². The standard InChI is InChI=1S/C13H22N2O2/c1-8-5-9-6-10(9)15(8)12(17)11(14)13(7-16)3-2-4-13/h8-11,16H,2-7,14H2,1H3/t8-,9-,10?,11-/m1/s1. The maximum absolute atomic E-state index is 12.5. The molecule has 1 amide bonds. The van der Waals surface area contributed by atoms with Crippen LogP contribution < -0.4 is 5.73 Å². The summed E-state index contributed by atoms with van der Waals surface area (Å²) in [5.74, 6) is 0.809. The van der Waals surface area contributed by atoms with Gasteiger partial charge >= 0.3 is 0 Å². The van der Waals surface area contributed by atoms with Crippen LogP contribution in [0.2, 0.25) is 0 Å². The molecule has 17 heavy (non-hydrogen) atoms. The average Bonchev–Trinajstić information content (AvgIpc) is 2.89. The highest BCUT2D eigenvalue weighted by molar-refractivity contribution is 5.84. The number of nitrogens with zero attached hydrogens (tertiary/aromatic N) is 1. The van der Waals surface area contributed by atoms with Crippen LogP contribution in [0.4, 0.5) is 0 Å². The molecular weight excluding hydrogens is 216 g/mol. The molecule has 2 aliphatic carbocycles. The molecule has 1 aliphatic heterocycles. The van der Waals surface area contributed by atoms with Crippen molar-refractivity contribution in [2.24, 2.45) is 17.1 Å². The summed E-state index contributed by atoms with van der Waals surface area (Å²) in [4.78, 5) is 14.5. The fourth-order valence-electron chi connectivity index (χ4n) is 3.71. The normalized spacial score (nSPS) is 39.5. The highest BCUT2D eigenvalue weighted by atomic mass is 16.3. The Kier molecular flexibility index (Phi) is 2.49. The van der Waals surface area contributed by atoms with Gasteiger partial charge in [0.05, 0.1) is 12.6 Å². The highest BCUT2D eigenvalue weighted by Crippen LogP contribution is 2.49. The van der Waals surface area contributed by atoms with E-state index in [1.165, 1.54) is 0 Å². The van der Waals surface area contributed by atoms with E-state index in [2.05, 4.69) is 6.92 Å². The number of carbonyl (C=O) groups excluding carboxylic acids is 1. The second-order valence-electron chi connectivity index (χ2n) is 6.25. The van der Waals surface area contributed by atoms with Crippen LogP contribution in [0.1, 0.15) is 39.0 Å². The van der Waals surface area contributed by atoms with Crippen molar-refractivity contribution < 1.29 is 9.90 Å². The van der Waals surface area contributed by atoms with Crippen molar-refractivity contribution in [1.82, 2.24) is 4.90 Å². The van der Waals surface area contributed by atoms with Crippen LogP contribution in [-0.4, -0.2) is 40.6 Å². The number of rotatable bonds is 3. The van der Waals surface area contributed by atoms with Crippen LogP contribution in [0.25, 0.3) is 0 Å². The van der Waals surface area contributed by atoms with Gasteiger partial charge in [0, 0.05) is 17.5 Å². The van der Waals surface area contributed by atoms with E-state index in [1.54, 1.807) is 0 Å². The topological polar surface area (TPSA) is 66.6 Å². The van der Waals surface area contributed by atoms with Gasteiger partial charge in [0.1, 0.15) is 0 Å². The number of fused-ring (bicyclic) bond motifs is 1. The van der Waals surface area contributed by atoms with Crippen molar-refractivity contribution in [2.45, 2.75) is 57.2 Å². The molecule has 1 unspecified atom stereocenters. The highest BCUT2D eigenvalue weighted by Gasteiger charge is 2.55. The van der Waals surface area contributed by atoms with Crippen molar-refractivity contribution in [3.05, 3.63) is 0 Å². The van der Waals surface area contributed by atoms with E-state index in [0.29, 0.717) is 12.1 Å². The first kappa shape index (κ1) is 11.5. The zero-order valence-corrected chi connectivity index (χ0v) is 10.4. The van der Waals surface area contributed by atoms with Crippen LogP contribution in [0, 0.1) is 11.3 Å². The fourth-order valence-corrected chi connectivity index (χ4v) is 3.71. The number of amides is 1. The summed E-state index contributed by atoms with van der Waals surface area (Å²) in [7, 11) is 0. The third-order valence-electron chi connectivity index (χ3n) is 5.21. The minimum Gasteiger partial charge on any atom is -0.396 e. The van der Waals surface area contributed by atoms with E-state index in [0.717, 1.165) is 38.0 Å². The lowest BCUT2D eigenvalue weighted by Crippen LogP contribution is -2.58. The van der Waals surface area contributed by atoms with Gasteiger partial charge in [-0.05, 0) is 38.5 Å². The molecule has 3 N–H and O–H groups in total. The van der Waals surface area contributed by atoms with Crippen molar-refractivity contribution in [2.75, 3.05) is 6.61 Å². The summed E-state index contributed by atoms with van der Waals surface area (Å²) in [5, 5.41) is 9.49. The van der Waals surface area contributed by atoms with E-state index in [1.807, 2.05) is 4.90 Å². The molecule has 0 aromatic carbocycles. The molecule has 3 rings (SSSR count). The third-order valence-corrected chi connectivity index (χ3v) is 5.21. The SMILES string of the molecule is C[C@@H]1C[C@@H]2CC2N1C(=O)[C@@H](N)C1(CO)CCC1. The van der Waals surface area contributed by atoms with Crippen LogP contribution in [-0.2, 0) is 4.79 Å². The fraction of sp³-hybridized carbons (Fsp3) is 0.923. The van der Waals surface area contributed by atoms with Gasteiger partial charge in [-0.15, -0.1) is 0 Å². The molecule has 4 atom stereocenters. The molecule has 3 aliphatic rings. The summed E-state index contributed by atoms with van der Waals surface area (Å²) >= 11 is 0. The molecule has 0 aromatic rings. The van der Waals surface area contributed by atoms with Crippen molar-refractivity contribution in [3.8, 4) is 0 Å². The van der Waals surface area contributed by atoms with Crippen molar-refractivity contribution in [1.29, 1.82) is 0 Å². The summed E-state index contributed by atoms with van der Waals surface area (Å²) in [5.41, 5.74) is 5.82. The van der Waals surface area contributed by atoms with E-state index < -0.39 is 6.04 Å². The summed E-state index contributed by atoms with van der Waals surface area (Å²) in [6.07, 6.45) is 5.17. The Morgan fingerprint density at radius 1 is 1.53 bits per heavy atom. The first-order valence-electron chi connectivity index (χ1n) is 6.78. The van der Waals surface area contributed by atoms with Crippen LogP contribution in [0.15, 0.2) is 0 Å². The van der Waals surface area contributed by atoms with Gasteiger partial charge < -0.3 is 15.7 Å². The minimum atomic E-state index is -0.497. The summed E-state index contributed by atoms with van der Waals surface area (Å²) in [6, 6.07) is 0.301. The summed E-state index contributed by atoms with van der Waals surface area (Å²) < 4.78 is 0. The van der Waals surface area contributed by atoms with Crippen LogP contribution in [0.3, 0.4) is 0 Å². The van der Waals surface area contributed by atoms with Gasteiger partial charge in [0.25, 0.3) is 0 Å². The number of hydrogen-bond acceptors (Lipinski definition) is 3. The molecule has 0 spiro atoms.